The van der Waals surface area contributed by atoms with Crippen LogP contribution in [0.1, 0.15) is 19.8 Å². The average Bonchev–Trinajstić information content (AvgIpc) is 2.97. The maximum absolute atomic E-state index is 13.1. The van der Waals surface area contributed by atoms with Gasteiger partial charge in [-0.15, -0.1) is 0 Å². The Morgan fingerprint density at radius 3 is 2.82 bits per heavy atom. The summed E-state index contributed by atoms with van der Waals surface area (Å²) >= 11 is 0. The summed E-state index contributed by atoms with van der Waals surface area (Å²) < 4.78 is 44.9. The zero-order chi connectivity index (χ0) is 15.7. The van der Waals surface area contributed by atoms with Crippen LogP contribution in [0.3, 0.4) is 0 Å². The summed E-state index contributed by atoms with van der Waals surface area (Å²) in [6, 6.07) is -1.12. The number of halogens is 3. The number of nitrogens with one attached hydrogen (secondary N) is 1. The van der Waals surface area contributed by atoms with E-state index in [0.29, 0.717) is 38.5 Å². The molecule has 0 aromatic rings. The molecule has 0 unspecified atom stereocenters. The first-order valence-corrected chi connectivity index (χ1v) is 7.80. The molecule has 3 aliphatic rings. The van der Waals surface area contributed by atoms with Gasteiger partial charge < -0.3 is 19.9 Å². The third-order valence-corrected chi connectivity index (χ3v) is 4.52. The first-order valence-electron chi connectivity index (χ1n) is 7.80. The van der Waals surface area contributed by atoms with Gasteiger partial charge in [0.1, 0.15) is 11.9 Å². The summed E-state index contributed by atoms with van der Waals surface area (Å²) in [6.07, 6.45) is 0.470. The van der Waals surface area contributed by atoms with Gasteiger partial charge in [-0.05, 0) is 25.8 Å². The molecule has 124 valence electrons. The maximum Gasteiger partial charge on any atom is 0.408 e. The van der Waals surface area contributed by atoms with Gasteiger partial charge in [0.2, 0.25) is 0 Å². The molecule has 0 radical (unpaired) electrons. The van der Waals surface area contributed by atoms with E-state index in [1.54, 1.807) is 0 Å². The average molecular weight is 317 g/mol. The number of dihydropyridines is 1. The van der Waals surface area contributed by atoms with Crippen LogP contribution < -0.4 is 5.32 Å². The molecule has 0 aromatic heterocycles. The number of ether oxygens (including phenoxy) is 1. The lowest BCUT2D eigenvalue weighted by molar-refractivity contribution is -0.172. The third-order valence-electron chi connectivity index (χ3n) is 4.52. The van der Waals surface area contributed by atoms with Gasteiger partial charge in [0.25, 0.3) is 0 Å². The second-order valence-corrected chi connectivity index (χ2v) is 6.05. The van der Waals surface area contributed by atoms with Gasteiger partial charge >= 0.3 is 6.18 Å². The highest BCUT2D eigenvalue weighted by molar-refractivity contribution is 5.28. The van der Waals surface area contributed by atoms with Gasteiger partial charge in [-0.2, -0.15) is 13.2 Å². The van der Waals surface area contributed by atoms with Crippen molar-refractivity contribution in [2.24, 2.45) is 0 Å². The second kappa shape index (κ2) is 6.02. The summed E-state index contributed by atoms with van der Waals surface area (Å²) in [6.45, 7) is 5.18. The van der Waals surface area contributed by atoms with Crippen molar-refractivity contribution < 1.29 is 17.9 Å². The number of hydrogen-bond donors (Lipinski definition) is 1. The lowest BCUT2D eigenvalue weighted by Gasteiger charge is -2.39. The maximum atomic E-state index is 13.1. The van der Waals surface area contributed by atoms with Crippen LogP contribution in [-0.4, -0.2) is 60.9 Å². The number of alkyl halides is 3. The van der Waals surface area contributed by atoms with Gasteiger partial charge in [0.15, 0.2) is 0 Å². The largest absolute Gasteiger partial charge is 0.408 e. The Balaban J connectivity index is 1.78. The molecular formula is C15H22F3N3O. The van der Waals surface area contributed by atoms with E-state index in [0.717, 1.165) is 12.2 Å². The van der Waals surface area contributed by atoms with Crippen molar-refractivity contribution in [1.29, 1.82) is 0 Å². The van der Waals surface area contributed by atoms with E-state index in [9.17, 15) is 13.2 Å². The van der Waals surface area contributed by atoms with Crippen molar-refractivity contribution in [1.82, 2.24) is 15.1 Å². The molecule has 3 rings (SSSR count). The molecule has 22 heavy (non-hydrogen) atoms. The lowest BCUT2D eigenvalue weighted by Crippen LogP contribution is -2.47. The van der Waals surface area contributed by atoms with Crippen molar-refractivity contribution in [3.8, 4) is 0 Å². The summed E-state index contributed by atoms with van der Waals surface area (Å²) in [5, 5.41) is 3.10. The molecular weight excluding hydrogens is 295 g/mol. The van der Waals surface area contributed by atoms with Crippen LogP contribution in [-0.2, 0) is 4.74 Å². The van der Waals surface area contributed by atoms with E-state index >= 15 is 0 Å². The van der Waals surface area contributed by atoms with Crippen LogP contribution in [0.25, 0.3) is 0 Å². The monoisotopic (exact) mass is 317 g/mol. The molecule has 0 aliphatic carbocycles. The molecule has 7 heteroatoms. The first-order chi connectivity index (χ1) is 10.5. The van der Waals surface area contributed by atoms with E-state index in [4.69, 9.17) is 4.74 Å². The van der Waals surface area contributed by atoms with E-state index in [1.165, 1.54) is 4.90 Å². The quantitative estimate of drug-likeness (QED) is 0.844. The highest BCUT2D eigenvalue weighted by atomic mass is 19.4. The molecule has 0 spiro atoms. The van der Waals surface area contributed by atoms with Crippen molar-refractivity contribution in [2.75, 3.05) is 32.8 Å². The number of rotatable bonds is 2. The van der Waals surface area contributed by atoms with Gasteiger partial charge in [0.05, 0.1) is 13.2 Å². The fourth-order valence-corrected chi connectivity index (χ4v) is 3.40. The smallest absolute Gasteiger partial charge is 0.377 e. The van der Waals surface area contributed by atoms with E-state index in [1.807, 2.05) is 12.2 Å². The van der Waals surface area contributed by atoms with Crippen LogP contribution in [0.4, 0.5) is 13.2 Å². The molecule has 0 aromatic carbocycles. The van der Waals surface area contributed by atoms with Gasteiger partial charge in [-0.1, -0.05) is 0 Å². The Kier molecular flexibility index (Phi) is 4.25. The summed E-state index contributed by atoms with van der Waals surface area (Å²) in [4.78, 5) is 3.68. The van der Waals surface area contributed by atoms with E-state index in [2.05, 4.69) is 17.1 Å². The van der Waals surface area contributed by atoms with Crippen LogP contribution in [0.15, 0.2) is 23.7 Å². The molecule has 2 saturated heterocycles. The Labute approximate surface area is 128 Å². The topological polar surface area (TPSA) is 27.7 Å². The molecule has 3 aliphatic heterocycles. The van der Waals surface area contributed by atoms with Crippen LogP contribution in [0.5, 0.6) is 0 Å². The highest BCUT2D eigenvalue weighted by Gasteiger charge is 2.46. The first kappa shape index (κ1) is 15.5. The zero-order valence-electron chi connectivity index (χ0n) is 12.7. The van der Waals surface area contributed by atoms with Gasteiger partial charge in [-0.25, -0.2) is 0 Å². The van der Waals surface area contributed by atoms with Gasteiger partial charge in [-0.3, -0.25) is 0 Å². The fourth-order valence-electron chi connectivity index (χ4n) is 3.40. The van der Waals surface area contributed by atoms with Crippen LogP contribution >= 0.6 is 0 Å². The Morgan fingerprint density at radius 1 is 1.27 bits per heavy atom. The number of likely N-dealkylation sites (tertiary alicyclic amines) is 1. The van der Waals surface area contributed by atoms with Crippen molar-refractivity contribution >= 4 is 0 Å². The predicted octanol–water partition coefficient (Wildman–Crippen LogP) is 2.06. The summed E-state index contributed by atoms with van der Waals surface area (Å²) in [7, 11) is 0. The van der Waals surface area contributed by atoms with Crippen LogP contribution in [0.2, 0.25) is 0 Å². The molecule has 3 heterocycles. The van der Waals surface area contributed by atoms with Crippen molar-refractivity contribution in [2.45, 2.75) is 38.0 Å². The lowest BCUT2D eigenvalue weighted by atomic mass is 10.1. The Bertz CT molecular complexity index is 475. The molecule has 0 saturated carbocycles. The van der Waals surface area contributed by atoms with Crippen molar-refractivity contribution in [3.05, 3.63) is 23.7 Å². The van der Waals surface area contributed by atoms with E-state index < -0.39 is 12.2 Å². The second-order valence-electron chi connectivity index (χ2n) is 6.05. The minimum atomic E-state index is -4.17. The summed E-state index contributed by atoms with van der Waals surface area (Å²) in [5.41, 5.74) is 0.998. The zero-order valence-corrected chi connectivity index (χ0v) is 12.7. The minimum Gasteiger partial charge on any atom is -0.377 e. The minimum absolute atomic E-state index is 0.176. The predicted molar refractivity (Wildman–Crippen MR) is 76.9 cm³/mol. The highest BCUT2D eigenvalue weighted by Crippen LogP contribution is 2.35. The molecule has 4 nitrogen and oxygen atoms in total. The molecule has 0 bridgehead atoms. The van der Waals surface area contributed by atoms with Gasteiger partial charge in [0, 0.05) is 37.4 Å². The Hall–Kier alpha value is -1.37. The Morgan fingerprint density at radius 2 is 2.09 bits per heavy atom. The van der Waals surface area contributed by atoms with Crippen molar-refractivity contribution in [3.63, 3.8) is 0 Å². The van der Waals surface area contributed by atoms with E-state index in [-0.39, 0.29) is 12.5 Å². The number of morpholine rings is 1. The molecule has 2 atom stereocenters. The van der Waals surface area contributed by atoms with Crippen LogP contribution in [0, 0.1) is 0 Å². The normalized spacial score (nSPS) is 30.0. The number of hydrogen-bond acceptors (Lipinski definition) is 4. The standard InChI is InChI=1S/C15H22F3N3O/c1-11-10-22-8-7-20(11)12-4-5-19-14(9-12)21-6-2-3-13(21)15(16,17)18/h4,9,11,13,19H,2-3,5-8,10H2,1H3/t11-,13+/m1/s1. The third kappa shape index (κ3) is 3.04. The fraction of sp³-hybridized carbons (Fsp3) is 0.733. The molecule has 1 N–H and O–H groups in total. The number of allylic oxidation sites excluding steroid dienone is 1. The molecule has 0 amide bonds. The molecule has 2 fully saturated rings. The summed E-state index contributed by atoms with van der Waals surface area (Å²) in [5.74, 6) is 0.594. The number of nitrogens with zero attached hydrogens (tertiary/aromatic N) is 2. The SMILES string of the molecule is C[C@@H]1COCCN1C1=CCNC(N2CCC[C@H]2C(F)(F)F)=C1.